The van der Waals surface area contributed by atoms with E-state index < -0.39 is 11.2 Å². The highest BCUT2D eigenvalue weighted by molar-refractivity contribution is 5.93. The average Bonchev–Trinajstić information content (AvgIpc) is 3.06. The number of anilines is 2. The number of para-hydroxylation sites is 1. The fraction of sp³-hybridized carbons (Fsp3) is 0.133. The van der Waals surface area contributed by atoms with Crippen molar-refractivity contribution in [1.29, 1.82) is 0 Å². The summed E-state index contributed by atoms with van der Waals surface area (Å²) in [5, 5.41) is 15.0. The summed E-state index contributed by atoms with van der Waals surface area (Å²) in [5.74, 6) is 0. The molecule has 1 N–H and O–H groups in total. The molecule has 0 unspecified atom stereocenters. The molecule has 0 amide bonds. The number of nitrogens with zero attached hydrogens (tertiary/aromatic N) is 6. The van der Waals surface area contributed by atoms with Gasteiger partial charge in [0.05, 0.1) is 5.69 Å². The predicted molar refractivity (Wildman–Crippen MR) is 88.5 cm³/mol. The van der Waals surface area contributed by atoms with E-state index in [1.54, 1.807) is 13.1 Å². The fourth-order valence-corrected chi connectivity index (χ4v) is 2.73. The van der Waals surface area contributed by atoms with Crippen LogP contribution >= 0.6 is 0 Å². The maximum Gasteiger partial charge on any atom is 0.332 e. The number of hydrogen-bond acceptors (Lipinski definition) is 6. The predicted octanol–water partition coefficient (Wildman–Crippen LogP) is 0.418. The van der Waals surface area contributed by atoms with Gasteiger partial charge in [0.2, 0.25) is 0 Å². The van der Waals surface area contributed by atoms with Crippen molar-refractivity contribution in [3.8, 4) is 0 Å². The minimum absolute atomic E-state index is 0.336. The van der Waals surface area contributed by atoms with E-state index in [1.807, 2.05) is 30.3 Å². The zero-order valence-electron chi connectivity index (χ0n) is 13.0. The molecular weight excluding hydrogens is 310 g/mol. The number of tetrazole rings is 1. The Morgan fingerprint density at radius 1 is 1.04 bits per heavy atom. The number of hydrogen-bond donors (Lipinski definition) is 1. The number of nitrogens with one attached hydrogen (secondary N) is 1. The Balaban J connectivity index is 2.16. The van der Waals surface area contributed by atoms with E-state index in [9.17, 15) is 9.59 Å². The summed E-state index contributed by atoms with van der Waals surface area (Å²) in [6.45, 7) is 0. The molecule has 24 heavy (non-hydrogen) atoms. The molecule has 0 atom stereocenters. The van der Waals surface area contributed by atoms with Crippen molar-refractivity contribution < 1.29 is 0 Å². The van der Waals surface area contributed by atoms with Crippen molar-refractivity contribution in [3.05, 3.63) is 57.2 Å². The van der Waals surface area contributed by atoms with Gasteiger partial charge in [-0.2, -0.15) is 4.52 Å². The smallest absolute Gasteiger partial charge is 0.332 e. The van der Waals surface area contributed by atoms with E-state index in [0.29, 0.717) is 22.4 Å². The van der Waals surface area contributed by atoms with E-state index in [-0.39, 0.29) is 0 Å². The van der Waals surface area contributed by atoms with Gasteiger partial charge in [-0.15, -0.1) is 5.10 Å². The van der Waals surface area contributed by atoms with Gasteiger partial charge < -0.3 is 5.32 Å². The SMILES string of the molecule is Cn1c(=O)c2c(Nc3ccccc3)cc3nnnn3c2n(C)c1=O. The maximum atomic E-state index is 12.7. The summed E-state index contributed by atoms with van der Waals surface area (Å²) in [6.07, 6.45) is 0. The van der Waals surface area contributed by atoms with Crippen LogP contribution in [-0.4, -0.2) is 29.2 Å². The van der Waals surface area contributed by atoms with E-state index in [4.69, 9.17) is 0 Å². The molecule has 0 aliphatic carbocycles. The van der Waals surface area contributed by atoms with Crippen molar-refractivity contribution in [2.24, 2.45) is 14.1 Å². The van der Waals surface area contributed by atoms with Crippen LogP contribution in [0.1, 0.15) is 0 Å². The normalized spacial score (nSPS) is 11.2. The van der Waals surface area contributed by atoms with Crippen LogP contribution in [0.2, 0.25) is 0 Å². The first-order valence-electron chi connectivity index (χ1n) is 7.21. The van der Waals surface area contributed by atoms with Gasteiger partial charge >= 0.3 is 5.69 Å². The van der Waals surface area contributed by atoms with Gasteiger partial charge in [-0.3, -0.25) is 13.9 Å². The third kappa shape index (κ3) is 1.91. The van der Waals surface area contributed by atoms with Crippen molar-refractivity contribution in [3.63, 3.8) is 0 Å². The minimum atomic E-state index is -0.443. The lowest BCUT2D eigenvalue weighted by atomic mass is 10.2. The summed E-state index contributed by atoms with van der Waals surface area (Å²) in [4.78, 5) is 25.0. The van der Waals surface area contributed by atoms with Gasteiger partial charge in [-0.25, -0.2) is 4.79 Å². The van der Waals surface area contributed by atoms with E-state index in [2.05, 4.69) is 20.8 Å². The zero-order chi connectivity index (χ0) is 16.8. The lowest BCUT2D eigenvalue weighted by molar-refractivity contribution is 0.694. The van der Waals surface area contributed by atoms with Crippen molar-refractivity contribution >= 4 is 28.1 Å². The Bertz CT molecular complexity index is 1190. The van der Waals surface area contributed by atoms with Crippen LogP contribution < -0.4 is 16.6 Å². The molecule has 9 nitrogen and oxygen atoms in total. The number of aromatic nitrogens is 6. The average molecular weight is 323 g/mol. The van der Waals surface area contributed by atoms with Crippen molar-refractivity contribution in [2.75, 3.05) is 5.32 Å². The lowest BCUT2D eigenvalue weighted by Gasteiger charge is -2.13. The van der Waals surface area contributed by atoms with Gasteiger partial charge in [0.25, 0.3) is 5.56 Å². The molecule has 120 valence electrons. The second kappa shape index (κ2) is 5.01. The summed E-state index contributed by atoms with van der Waals surface area (Å²) < 4.78 is 3.80. The monoisotopic (exact) mass is 323 g/mol. The first-order chi connectivity index (χ1) is 11.6. The van der Waals surface area contributed by atoms with Crippen molar-refractivity contribution in [2.45, 2.75) is 0 Å². The van der Waals surface area contributed by atoms with Gasteiger partial charge in [0.1, 0.15) is 5.39 Å². The molecule has 3 heterocycles. The Hall–Kier alpha value is -3.49. The highest BCUT2D eigenvalue weighted by Crippen LogP contribution is 2.24. The highest BCUT2D eigenvalue weighted by Gasteiger charge is 2.18. The standard InChI is InChI=1S/C15H13N7O2/c1-20-13-12(14(23)21(2)15(20)24)10(8-11-17-18-19-22(11)13)16-9-6-4-3-5-7-9/h3-8,16H,1-2H3. The van der Waals surface area contributed by atoms with Crippen LogP contribution in [0, 0.1) is 0 Å². The summed E-state index contributed by atoms with van der Waals surface area (Å²) in [7, 11) is 3.03. The molecule has 0 saturated heterocycles. The Kier molecular flexibility index (Phi) is 2.95. The number of pyridine rings is 1. The number of aryl methyl sites for hydroxylation is 1. The van der Waals surface area contributed by atoms with Gasteiger partial charge in [0.15, 0.2) is 11.3 Å². The van der Waals surface area contributed by atoms with E-state index in [1.165, 1.54) is 16.1 Å². The maximum absolute atomic E-state index is 12.7. The molecule has 0 aliphatic rings. The van der Waals surface area contributed by atoms with Crippen LogP contribution in [-0.2, 0) is 14.1 Å². The van der Waals surface area contributed by atoms with Crippen LogP contribution in [0.25, 0.3) is 16.7 Å². The second-order valence-corrected chi connectivity index (χ2v) is 5.40. The molecule has 9 heteroatoms. The second-order valence-electron chi connectivity index (χ2n) is 5.40. The third-order valence-corrected chi connectivity index (χ3v) is 3.92. The Morgan fingerprint density at radius 2 is 1.79 bits per heavy atom. The van der Waals surface area contributed by atoms with Crippen LogP contribution in [0.4, 0.5) is 11.4 Å². The minimum Gasteiger partial charge on any atom is -0.355 e. The first kappa shape index (κ1) is 14.1. The van der Waals surface area contributed by atoms with Crippen molar-refractivity contribution in [1.82, 2.24) is 29.2 Å². The molecule has 1 aromatic carbocycles. The molecule has 0 bridgehead atoms. The highest BCUT2D eigenvalue weighted by atomic mass is 16.2. The number of fused-ring (bicyclic) bond motifs is 3. The third-order valence-electron chi connectivity index (χ3n) is 3.92. The molecule has 0 radical (unpaired) electrons. The molecule has 4 aromatic rings. The quantitative estimate of drug-likeness (QED) is 0.574. The van der Waals surface area contributed by atoms with Gasteiger partial charge in [-0.05, 0) is 22.6 Å². The zero-order valence-corrected chi connectivity index (χ0v) is 13.0. The molecule has 4 rings (SSSR count). The Labute approximate surface area is 134 Å². The molecule has 3 aromatic heterocycles. The first-order valence-corrected chi connectivity index (χ1v) is 7.21. The van der Waals surface area contributed by atoms with Gasteiger partial charge in [-0.1, -0.05) is 18.2 Å². The Morgan fingerprint density at radius 3 is 2.54 bits per heavy atom. The number of benzene rings is 1. The largest absolute Gasteiger partial charge is 0.355 e. The molecule has 0 aliphatic heterocycles. The molecule has 0 spiro atoms. The van der Waals surface area contributed by atoms with E-state index >= 15 is 0 Å². The molecule has 0 saturated carbocycles. The van der Waals surface area contributed by atoms with Crippen LogP contribution in [0.3, 0.4) is 0 Å². The lowest BCUT2D eigenvalue weighted by Crippen LogP contribution is -2.38. The summed E-state index contributed by atoms with van der Waals surface area (Å²) in [6, 6.07) is 11.1. The molecule has 0 fully saturated rings. The van der Waals surface area contributed by atoms with E-state index in [0.717, 1.165) is 10.3 Å². The van der Waals surface area contributed by atoms with Crippen LogP contribution in [0.5, 0.6) is 0 Å². The summed E-state index contributed by atoms with van der Waals surface area (Å²) >= 11 is 0. The summed E-state index contributed by atoms with van der Waals surface area (Å²) in [5.41, 5.74) is 1.26. The molecular formula is C15H13N7O2. The van der Waals surface area contributed by atoms with Crippen LogP contribution in [0.15, 0.2) is 46.0 Å². The topological polar surface area (TPSA) is 99.1 Å². The van der Waals surface area contributed by atoms with Gasteiger partial charge in [0, 0.05) is 25.8 Å². The number of rotatable bonds is 2. The fourth-order valence-electron chi connectivity index (χ4n) is 2.73.